The second kappa shape index (κ2) is 6.24. The molecule has 0 aromatic heterocycles. The lowest BCUT2D eigenvalue weighted by Gasteiger charge is -2.17. The van der Waals surface area contributed by atoms with Crippen LogP contribution >= 0.6 is 0 Å². The standard InChI is InChI=1S/C15H24N2O2S/c1-4-13-9-10-17(11-13)20(18,19)15-7-5-14(6-8-15)12(2)16-3/h5-8,12-13,16H,4,9-11H2,1-3H3. The molecular weight excluding hydrogens is 272 g/mol. The smallest absolute Gasteiger partial charge is 0.243 e. The van der Waals surface area contributed by atoms with E-state index in [-0.39, 0.29) is 6.04 Å². The van der Waals surface area contributed by atoms with Gasteiger partial charge in [-0.3, -0.25) is 0 Å². The van der Waals surface area contributed by atoms with E-state index in [9.17, 15) is 8.42 Å². The van der Waals surface area contributed by atoms with Crippen molar-refractivity contribution in [3.05, 3.63) is 29.8 Å². The highest BCUT2D eigenvalue weighted by Gasteiger charge is 2.31. The van der Waals surface area contributed by atoms with Crippen LogP contribution in [-0.2, 0) is 10.0 Å². The van der Waals surface area contributed by atoms with E-state index in [0.717, 1.165) is 18.4 Å². The number of sulfonamides is 1. The first-order chi connectivity index (χ1) is 9.48. The maximum atomic E-state index is 12.6. The van der Waals surface area contributed by atoms with Crippen molar-refractivity contribution in [3.63, 3.8) is 0 Å². The van der Waals surface area contributed by atoms with Gasteiger partial charge in [-0.1, -0.05) is 25.5 Å². The van der Waals surface area contributed by atoms with E-state index in [2.05, 4.69) is 19.2 Å². The number of nitrogens with one attached hydrogen (secondary N) is 1. The van der Waals surface area contributed by atoms with Crippen LogP contribution in [0.2, 0.25) is 0 Å². The Hall–Kier alpha value is -0.910. The SMILES string of the molecule is CCC1CCN(S(=O)(=O)c2ccc(C(C)NC)cc2)C1. The summed E-state index contributed by atoms with van der Waals surface area (Å²) in [6, 6.07) is 7.45. The molecule has 2 unspecified atom stereocenters. The van der Waals surface area contributed by atoms with Gasteiger partial charge in [-0.2, -0.15) is 4.31 Å². The van der Waals surface area contributed by atoms with E-state index in [1.807, 2.05) is 19.2 Å². The van der Waals surface area contributed by atoms with Crippen LogP contribution in [0.5, 0.6) is 0 Å². The van der Waals surface area contributed by atoms with Crippen molar-refractivity contribution in [2.45, 2.75) is 37.6 Å². The minimum atomic E-state index is -3.32. The van der Waals surface area contributed by atoms with Crippen molar-refractivity contribution in [2.24, 2.45) is 5.92 Å². The molecule has 0 saturated carbocycles. The molecule has 1 aromatic rings. The first-order valence-electron chi connectivity index (χ1n) is 7.26. The molecule has 1 fully saturated rings. The molecular formula is C15H24N2O2S. The van der Waals surface area contributed by atoms with E-state index in [1.165, 1.54) is 0 Å². The molecule has 0 aliphatic carbocycles. The summed E-state index contributed by atoms with van der Waals surface area (Å²) >= 11 is 0. The molecule has 0 spiro atoms. The monoisotopic (exact) mass is 296 g/mol. The third-order valence-electron chi connectivity index (χ3n) is 4.28. The van der Waals surface area contributed by atoms with Gasteiger partial charge in [0.25, 0.3) is 0 Å². The lowest BCUT2D eigenvalue weighted by Crippen LogP contribution is -2.28. The Morgan fingerprint density at radius 2 is 2.00 bits per heavy atom. The average molecular weight is 296 g/mol. The highest BCUT2D eigenvalue weighted by molar-refractivity contribution is 7.89. The second-order valence-electron chi connectivity index (χ2n) is 5.51. The van der Waals surface area contributed by atoms with Crippen molar-refractivity contribution < 1.29 is 8.42 Å². The largest absolute Gasteiger partial charge is 0.313 e. The van der Waals surface area contributed by atoms with Gasteiger partial charge in [0.05, 0.1) is 4.90 Å². The van der Waals surface area contributed by atoms with Gasteiger partial charge in [-0.05, 0) is 44.0 Å². The summed E-state index contributed by atoms with van der Waals surface area (Å²) in [5.41, 5.74) is 1.10. The molecule has 1 N–H and O–H groups in total. The first-order valence-corrected chi connectivity index (χ1v) is 8.70. The van der Waals surface area contributed by atoms with Crippen LogP contribution in [0.15, 0.2) is 29.2 Å². The van der Waals surface area contributed by atoms with Crippen LogP contribution in [0.3, 0.4) is 0 Å². The van der Waals surface area contributed by atoms with E-state index in [1.54, 1.807) is 16.4 Å². The molecule has 4 nitrogen and oxygen atoms in total. The number of hydrogen-bond donors (Lipinski definition) is 1. The second-order valence-corrected chi connectivity index (χ2v) is 7.44. The van der Waals surface area contributed by atoms with Crippen molar-refractivity contribution >= 4 is 10.0 Å². The average Bonchev–Trinajstić information content (AvgIpc) is 2.96. The van der Waals surface area contributed by atoms with Crippen LogP contribution in [0.4, 0.5) is 0 Å². The number of benzene rings is 1. The van der Waals surface area contributed by atoms with Crippen molar-refractivity contribution in [1.82, 2.24) is 9.62 Å². The summed E-state index contributed by atoms with van der Waals surface area (Å²) in [4.78, 5) is 0.404. The van der Waals surface area contributed by atoms with Crippen LogP contribution < -0.4 is 5.32 Å². The Morgan fingerprint density at radius 1 is 1.35 bits per heavy atom. The van der Waals surface area contributed by atoms with Gasteiger partial charge in [0.15, 0.2) is 0 Å². The van der Waals surface area contributed by atoms with E-state index in [0.29, 0.717) is 23.9 Å². The molecule has 0 amide bonds. The molecule has 1 aromatic carbocycles. The van der Waals surface area contributed by atoms with Crippen molar-refractivity contribution in [2.75, 3.05) is 20.1 Å². The zero-order valence-corrected chi connectivity index (χ0v) is 13.3. The van der Waals surface area contributed by atoms with Crippen LogP contribution in [0, 0.1) is 5.92 Å². The van der Waals surface area contributed by atoms with E-state index in [4.69, 9.17) is 0 Å². The molecule has 5 heteroatoms. The normalized spacial score (nSPS) is 22.1. The summed E-state index contributed by atoms with van der Waals surface area (Å²) in [6.07, 6.45) is 2.02. The van der Waals surface area contributed by atoms with Crippen LogP contribution in [0.25, 0.3) is 0 Å². The van der Waals surface area contributed by atoms with Gasteiger partial charge in [-0.15, -0.1) is 0 Å². The zero-order chi connectivity index (χ0) is 14.8. The van der Waals surface area contributed by atoms with Gasteiger partial charge in [0, 0.05) is 19.1 Å². The van der Waals surface area contributed by atoms with Crippen molar-refractivity contribution in [3.8, 4) is 0 Å². The first kappa shape index (κ1) is 15.5. The Kier molecular flexibility index (Phi) is 4.83. The predicted molar refractivity (Wildman–Crippen MR) is 81.1 cm³/mol. The molecule has 0 bridgehead atoms. The van der Waals surface area contributed by atoms with Crippen LogP contribution in [0.1, 0.15) is 38.3 Å². The highest BCUT2D eigenvalue weighted by atomic mass is 32.2. The summed E-state index contributed by atoms with van der Waals surface area (Å²) < 4.78 is 26.7. The topological polar surface area (TPSA) is 49.4 Å². The summed E-state index contributed by atoms with van der Waals surface area (Å²) in [5.74, 6) is 0.508. The van der Waals surface area contributed by atoms with Gasteiger partial charge in [-0.25, -0.2) is 8.42 Å². The fourth-order valence-corrected chi connectivity index (χ4v) is 4.12. The van der Waals surface area contributed by atoms with Gasteiger partial charge >= 0.3 is 0 Å². The fourth-order valence-electron chi connectivity index (χ4n) is 2.59. The van der Waals surface area contributed by atoms with E-state index < -0.39 is 10.0 Å². The molecule has 1 saturated heterocycles. The summed E-state index contributed by atoms with van der Waals surface area (Å²) in [7, 11) is -1.42. The zero-order valence-electron chi connectivity index (χ0n) is 12.5. The third kappa shape index (κ3) is 3.05. The van der Waals surface area contributed by atoms with Crippen molar-refractivity contribution in [1.29, 1.82) is 0 Å². The molecule has 1 heterocycles. The van der Waals surface area contributed by atoms with Crippen LogP contribution in [-0.4, -0.2) is 32.9 Å². The third-order valence-corrected chi connectivity index (χ3v) is 6.16. The fraction of sp³-hybridized carbons (Fsp3) is 0.600. The van der Waals surface area contributed by atoms with Gasteiger partial charge in [0.1, 0.15) is 0 Å². The molecule has 2 rings (SSSR count). The molecule has 112 valence electrons. The maximum Gasteiger partial charge on any atom is 0.243 e. The number of hydrogen-bond acceptors (Lipinski definition) is 3. The summed E-state index contributed by atoms with van der Waals surface area (Å²) in [6.45, 7) is 5.48. The number of rotatable bonds is 5. The minimum absolute atomic E-state index is 0.225. The lowest BCUT2D eigenvalue weighted by atomic mass is 10.1. The van der Waals surface area contributed by atoms with E-state index >= 15 is 0 Å². The summed E-state index contributed by atoms with van der Waals surface area (Å²) in [5, 5.41) is 3.15. The maximum absolute atomic E-state index is 12.6. The predicted octanol–water partition coefficient (Wildman–Crippen LogP) is 2.39. The van der Waals surface area contributed by atoms with Gasteiger partial charge in [0.2, 0.25) is 10.0 Å². The Bertz CT molecular complexity index is 539. The lowest BCUT2D eigenvalue weighted by molar-refractivity contribution is 0.453. The molecule has 2 atom stereocenters. The molecule has 1 aliphatic rings. The highest BCUT2D eigenvalue weighted by Crippen LogP contribution is 2.26. The Morgan fingerprint density at radius 3 is 2.50 bits per heavy atom. The molecule has 1 aliphatic heterocycles. The molecule has 0 radical (unpaired) electrons. The quantitative estimate of drug-likeness (QED) is 0.907. The Labute approximate surface area is 122 Å². The van der Waals surface area contributed by atoms with Gasteiger partial charge < -0.3 is 5.32 Å². The Balaban J connectivity index is 2.18. The molecule has 20 heavy (non-hydrogen) atoms. The minimum Gasteiger partial charge on any atom is -0.313 e. The number of nitrogens with zero attached hydrogens (tertiary/aromatic N) is 1.